The summed E-state index contributed by atoms with van der Waals surface area (Å²) in [7, 11) is 0. The summed E-state index contributed by atoms with van der Waals surface area (Å²) >= 11 is 0. The fraction of sp³-hybridized carbons (Fsp3) is 0.750. The number of rotatable bonds is 5. The molecule has 0 aliphatic heterocycles. The Bertz CT molecular complexity index is 152. The minimum Gasteiger partial charge on any atom is -0.481 e. The van der Waals surface area contributed by atoms with Gasteiger partial charge in [0.1, 0.15) is 0 Å². The molecule has 0 aromatic heterocycles. The van der Waals surface area contributed by atoms with E-state index in [1.54, 1.807) is 0 Å². The van der Waals surface area contributed by atoms with Gasteiger partial charge in [0.05, 0.1) is 6.42 Å². The molecular formula is C8H15NO3. The van der Waals surface area contributed by atoms with Crippen molar-refractivity contribution in [1.29, 1.82) is 0 Å². The topological polar surface area (TPSA) is 66.4 Å². The van der Waals surface area contributed by atoms with Gasteiger partial charge in [0.25, 0.3) is 0 Å². The number of nitrogens with one attached hydrogen (secondary N) is 1. The molecule has 4 nitrogen and oxygen atoms in total. The van der Waals surface area contributed by atoms with Crippen molar-refractivity contribution in [2.24, 2.45) is 0 Å². The van der Waals surface area contributed by atoms with Crippen LogP contribution in [0.2, 0.25) is 0 Å². The van der Waals surface area contributed by atoms with E-state index in [-0.39, 0.29) is 18.4 Å². The predicted molar refractivity (Wildman–Crippen MR) is 44.8 cm³/mol. The van der Waals surface area contributed by atoms with E-state index in [0.29, 0.717) is 6.42 Å². The molecule has 0 rings (SSSR count). The molecule has 2 N–H and O–H groups in total. The van der Waals surface area contributed by atoms with Crippen LogP contribution in [-0.4, -0.2) is 23.0 Å². The number of carboxylic acid groups (broad SMARTS) is 1. The van der Waals surface area contributed by atoms with Crippen molar-refractivity contribution in [2.45, 2.75) is 39.2 Å². The molecule has 0 aromatic rings. The lowest BCUT2D eigenvalue weighted by Gasteiger charge is -2.13. The van der Waals surface area contributed by atoms with Crippen molar-refractivity contribution in [1.82, 2.24) is 5.32 Å². The molecule has 0 saturated carbocycles. The van der Waals surface area contributed by atoms with Gasteiger partial charge in [-0.1, -0.05) is 13.3 Å². The summed E-state index contributed by atoms with van der Waals surface area (Å²) in [6.45, 7) is 3.35. The second kappa shape index (κ2) is 5.57. The molecule has 0 aliphatic carbocycles. The fourth-order valence-corrected chi connectivity index (χ4v) is 1.07. The molecule has 0 heterocycles. The van der Waals surface area contributed by atoms with Gasteiger partial charge < -0.3 is 10.4 Å². The summed E-state index contributed by atoms with van der Waals surface area (Å²) in [5.41, 5.74) is 0. The third-order valence-corrected chi connectivity index (χ3v) is 1.47. The Morgan fingerprint density at radius 3 is 2.42 bits per heavy atom. The molecule has 0 bridgehead atoms. The smallest absolute Gasteiger partial charge is 0.305 e. The minimum absolute atomic E-state index is 0.00736. The van der Waals surface area contributed by atoms with E-state index in [2.05, 4.69) is 5.32 Å². The molecule has 1 amide bonds. The van der Waals surface area contributed by atoms with Crippen LogP contribution < -0.4 is 5.32 Å². The molecular weight excluding hydrogens is 158 g/mol. The zero-order valence-electron chi connectivity index (χ0n) is 7.46. The van der Waals surface area contributed by atoms with Gasteiger partial charge in [0, 0.05) is 13.0 Å². The SMILES string of the molecule is CCC[C@@H](CC(=O)O)NC(C)=O. The monoisotopic (exact) mass is 173 g/mol. The molecule has 0 unspecified atom stereocenters. The molecule has 0 aromatic carbocycles. The Labute approximate surface area is 72.0 Å². The highest BCUT2D eigenvalue weighted by Crippen LogP contribution is 2.01. The largest absolute Gasteiger partial charge is 0.481 e. The van der Waals surface area contributed by atoms with E-state index >= 15 is 0 Å². The van der Waals surface area contributed by atoms with Crippen molar-refractivity contribution >= 4 is 11.9 Å². The zero-order valence-corrected chi connectivity index (χ0v) is 7.46. The van der Waals surface area contributed by atoms with E-state index in [1.165, 1.54) is 6.92 Å². The fourth-order valence-electron chi connectivity index (χ4n) is 1.07. The van der Waals surface area contributed by atoms with Crippen LogP contribution in [0.25, 0.3) is 0 Å². The van der Waals surface area contributed by atoms with Crippen LogP contribution in [0.3, 0.4) is 0 Å². The van der Waals surface area contributed by atoms with Crippen molar-refractivity contribution in [3.8, 4) is 0 Å². The summed E-state index contributed by atoms with van der Waals surface area (Å²) in [5.74, 6) is -1.04. The minimum atomic E-state index is -0.873. The van der Waals surface area contributed by atoms with Gasteiger partial charge in [-0.15, -0.1) is 0 Å². The van der Waals surface area contributed by atoms with E-state index in [9.17, 15) is 9.59 Å². The number of carbonyl (C=O) groups excluding carboxylic acids is 1. The number of hydrogen-bond acceptors (Lipinski definition) is 2. The summed E-state index contributed by atoms with van der Waals surface area (Å²) in [6.07, 6.45) is 1.59. The first-order valence-corrected chi connectivity index (χ1v) is 4.05. The first-order valence-electron chi connectivity index (χ1n) is 4.05. The Hall–Kier alpha value is -1.06. The lowest BCUT2D eigenvalue weighted by Crippen LogP contribution is -2.34. The lowest BCUT2D eigenvalue weighted by atomic mass is 10.1. The molecule has 1 atom stereocenters. The third-order valence-electron chi connectivity index (χ3n) is 1.47. The highest BCUT2D eigenvalue weighted by Gasteiger charge is 2.12. The van der Waals surface area contributed by atoms with Gasteiger partial charge in [0.15, 0.2) is 0 Å². The molecule has 0 aliphatic rings. The van der Waals surface area contributed by atoms with E-state index < -0.39 is 5.97 Å². The van der Waals surface area contributed by atoms with E-state index in [1.807, 2.05) is 6.92 Å². The first kappa shape index (κ1) is 10.9. The Morgan fingerprint density at radius 1 is 1.50 bits per heavy atom. The van der Waals surface area contributed by atoms with Crippen LogP contribution in [0.5, 0.6) is 0 Å². The Morgan fingerprint density at radius 2 is 2.08 bits per heavy atom. The standard InChI is InChI=1S/C8H15NO3/c1-3-4-7(5-8(11)12)9-6(2)10/h7H,3-5H2,1-2H3,(H,9,10)(H,11,12)/t7-/m0/s1. The van der Waals surface area contributed by atoms with Crippen LogP contribution >= 0.6 is 0 Å². The molecule has 0 radical (unpaired) electrons. The van der Waals surface area contributed by atoms with Crippen LogP contribution in [0, 0.1) is 0 Å². The van der Waals surface area contributed by atoms with E-state index in [0.717, 1.165) is 6.42 Å². The van der Waals surface area contributed by atoms with Crippen molar-refractivity contribution in [3.05, 3.63) is 0 Å². The van der Waals surface area contributed by atoms with Crippen LogP contribution in [0.1, 0.15) is 33.1 Å². The maximum absolute atomic E-state index is 10.6. The zero-order chi connectivity index (χ0) is 9.56. The van der Waals surface area contributed by atoms with Gasteiger partial charge >= 0.3 is 5.97 Å². The third kappa shape index (κ3) is 5.70. The average Bonchev–Trinajstić information content (AvgIpc) is 1.84. The lowest BCUT2D eigenvalue weighted by molar-refractivity contribution is -0.137. The summed E-state index contributed by atoms with van der Waals surface area (Å²) in [6, 6.07) is -0.218. The normalized spacial score (nSPS) is 12.2. The predicted octanol–water partition coefficient (Wildman–Crippen LogP) is 0.766. The number of carboxylic acids is 1. The average molecular weight is 173 g/mol. The second-order valence-electron chi connectivity index (χ2n) is 2.78. The van der Waals surface area contributed by atoms with Crippen LogP contribution in [0.15, 0.2) is 0 Å². The second-order valence-corrected chi connectivity index (χ2v) is 2.78. The van der Waals surface area contributed by atoms with Gasteiger partial charge in [-0.2, -0.15) is 0 Å². The van der Waals surface area contributed by atoms with Crippen molar-refractivity contribution in [2.75, 3.05) is 0 Å². The van der Waals surface area contributed by atoms with E-state index in [4.69, 9.17) is 5.11 Å². The number of carbonyl (C=O) groups is 2. The van der Waals surface area contributed by atoms with Gasteiger partial charge in [-0.3, -0.25) is 9.59 Å². The molecule has 0 saturated heterocycles. The highest BCUT2D eigenvalue weighted by molar-refractivity contribution is 5.74. The summed E-state index contributed by atoms with van der Waals surface area (Å²) < 4.78 is 0. The molecule has 0 fully saturated rings. The number of amides is 1. The van der Waals surface area contributed by atoms with Gasteiger partial charge in [-0.25, -0.2) is 0 Å². The highest BCUT2D eigenvalue weighted by atomic mass is 16.4. The quantitative estimate of drug-likeness (QED) is 0.645. The molecule has 0 spiro atoms. The van der Waals surface area contributed by atoms with Gasteiger partial charge in [-0.05, 0) is 6.42 Å². The number of hydrogen-bond donors (Lipinski definition) is 2. The molecule has 70 valence electrons. The molecule has 4 heteroatoms. The van der Waals surface area contributed by atoms with Crippen LogP contribution in [-0.2, 0) is 9.59 Å². The maximum Gasteiger partial charge on any atom is 0.305 e. The maximum atomic E-state index is 10.6. The first-order chi connectivity index (χ1) is 5.56. The van der Waals surface area contributed by atoms with Gasteiger partial charge in [0.2, 0.25) is 5.91 Å². The Kier molecular flexibility index (Phi) is 5.08. The Balaban J connectivity index is 3.85. The number of aliphatic carboxylic acids is 1. The van der Waals surface area contributed by atoms with Crippen LogP contribution in [0.4, 0.5) is 0 Å². The summed E-state index contributed by atoms with van der Waals surface area (Å²) in [5, 5.41) is 11.1. The summed E-state index contributed by atoms with van der Waals surface area (Å²) in [4.78, 5) is 20.9. The van der Waals surface area contributed by atoms with Crippen molar-refractivity contribution in [3.63, 3.8) is 0 Å². The molecule has 12 heavy (non-hydrogen) atoms. The van der Waals surface area contributed by atoms with Crippen molar-refractivity contribution < 1.29 is 14.7 Å².